The number of rotatable bonds is 0. The van der Waals surface area contributed by atoms with Crippen LogP contribution >= 0.6 is 27.5 Å². The average Bonchev–Trinajstić information content (AvgIpc) is 2.07. The Kier molecular flexibility index (Phi) is 2.26. The van der Waals surface area contributed by atoms with Crippen molar-refractivity contribution in [2.75, 3.05) is 0 Å². The highest BCUT2D eigenvalue weighted by Crippen LogP contribution is 2.29. The van der Waals surface area contributed by atoms with Gasteiger partial charge in [-0.25, -0.2) is 0 Å². The number of hydrogen-bond acceptors (Lipinski definition) is 1. The van der Waals surface area contributed by atoms with Crippen LogP contribution in [0, 0.1) is 6.92 Å². The van der Waals surface area contributed by atoms with E-state index in [1.165, 1.54) is 0 Å². The topological polar surface area (TPSA) is 12.9 Å². The molecule has 0 aliphatic heterocycles. The first-order chi connectivity index (χ1) is 6.18. The predicted octanol–water partition coefficient (Wildman–Crippen LogP) is 3.96. The van der Waals surface area contributed by atoms with Gasteiger partial charge in [-0.1, -0.05) is 17.7 Å². The van der Waals surface area contributed by atoms with Crippen LogP contribution < -0.4 is 0 Å². The van der Waals surface area contributed by atoms with Gasteiger partial charge < -0.3 is 0 Å². The lowest BCUT2D eigenvalue weighted by Crippen LogP contribution is -1.81. The van der Waals surface area contributed by atoms with Crippen molar-refractivity contribution in [3.63, 3.8) is 0 Å². The molecular formula is C10H7BrClN. The summed E-state index contributed by atoms with van der Waals surface area (Å²) in [5.41, 5.74) is 1.16. The Morgan fingerprint density at radius 2 is 2.00 bits per heavy atom. The summed E-state index contributed by atoms with van der Waals surface area (Å²) in [4.78, 5) is 4.07. The molecule has 66 valence electrons. The number of halogens is 2. The van der Waals surface area contributed by atoms with Gasteiger partial charge in [-0.05, 0) is 34.5 Å². The highest BCUT2D eigenvalue weighted by Gasteiger charge is 2.03. The lowest BCUT2D eigenvalue weighted by Gasteiger charge is -2.03. The lowest BCUT2D eigenvalue weighted by molar-refractivity contribution is 1.34. The highest BCUT2D eigenvalue weighted by molar-refractivity contribution is 9.10. The van der Waals surface area contributed by atoms with E-state index in [4.69, 9.17) is 11.6 Å². The van der Waals surface area contributed by atoms with Crippen molar-refractivity contribution in [1.29, 1.82) is 0 Å². The van der Waals surface area contributed by atoms with Crippen molar-refractivity contribution < 1.29 is 0 Å². The quantitative estimate of drug-likeness (QED) is 0.695. The van der Waals surface area contributed by atoms with Crippen LogP contribution in [0.4, 0.5) is 0 Å². The van der Waals surface area contributed by atoms with Crippen LogP contribution in [0.15, 0.2) is 29.0 Å². The molecule has 0 aliphatic rings. The van der Waals surface area contributed by atoms with E-state index in [0.29, 0.717) is 0 Å². The first kappa shape index (κ1) is 8.97. The third-order valence-corrected chi connectivity index (χ3v) is 2.87. The van der Waals surface area contributed by atoms with Gasteiger partial charge in [0.15, 0.2) is 0 Å². The van der Waals surface area contributed by atoms with E-state index in [1.54, 1.807) is 12.4 Å². The Balaban J connectivity index is 2.94. The second-order valence-corrected chi connectivity index (χ2v) is 4.22. The van der Waals surface area contributed by atoms with Crippen molar-refractivity contribution in [3.05, 3.63) is 39.6 Å². The summed E-state index contributed by atoms with van der Waals surface area (Å²) in [6.07, 6.45) is 3.56. The van der Waals surface area contributed by atoms with Crippen LogP contribution in [0.2, 0.25) is 5.02 Å². The van der Waals surface area contributed by atoms with E-state index < -0.39 is 0 Å². The second kappa shape index (κ2) is 3.28. The molecule has 0 amide bonds. The van der Waals surface area contributed by atoms with Gasteiger partial charge >= 0.3 is 0 Å². The first-order valence-electron chi connectivity index (χ1n) is 3.88. The minimum absolute atomic E-state index is 0.754. The van der Waals surface area contributed by atoms with Crippen LogP contribution in [0.5, 0.6) is 0 Å². The number of aromatic nitrogens is 1. The summed E-state index contributed by atoms with van der Waals surface area (Å²) in [6.45, 7) is 2.03. The molecule has 0 unspecified atom stereocenters. The number of benzene rings is 1. The maximum Gasteiger partial charge on any atom is 0.0502 e. The number of aryl methyl sites for hydroxylation is 1. The maximum atomic E-state index is 6.07. The monoisotopic (exact) mass is 255 g/mol. The van der Waals surface area contributed by atoms with E-state index in [0.717, 1.165) is 25.8 Å². The third kappa shape index (κ3) is 1.56. The predicted molar refractivity (Wildman–Crippen MR) is 59.2 cm³/mol. The van der Waals surface area contributed by atoms with Crippen molar-refractivity contribution >= 4 is 38.3 Å². The summed E-state index contributed by atoms with van der Waals surface area (Å²) >= 11 is 9.52. The molecule has 0 fully saturated rings. The molecule has 2 aromatic rings. The van der Waals surface area contributed by atoms with E-state index in [2.05, 4.69) is 27.0 Å². The van der Waals surface area contributed by atoms with E-state index >= 15 is 0 Å². The van der Waals surface area contributed by atoms with Crippen molar-refractivity contribution in [2.45, 2.75) is 6.92 Å². The molecule has 1 heterocycles. The average molecular weight is 257 g/mol. The summed E-state index contributed by atoms with van der Waals surface area (Å²) in [7, 11) is 0. The zero-order chi connectivity index (χ0) is 9.42. The minimum atomic E-state index is 0.754. The van der Waals surface area contributed by atoms with E-state index in [1.807, 2.05) is 13.0 Å². The van der Waals surface area contributed by atoms with Crippen LogP contribution in [-0.4, -0.2) is 4.98 Å². The van der Waals surface area contributed by atoms with Gasteiger partial charge in [0.25, 0.3) is 0 Å². The zero-order valence-corrected chi connectivity index (χ0v) is 9.35. The Morgan fingerprint density at radius 1 is 1.23 bits per heavy atom. The number of nitrogens with zero attached hydrogens (tertiary/aromatic N) is 1. The van der Waals surface area contributed by atoms with Gasteiger partial charge in [-0.15, -0.1) is 0 Å². The summed E-state index contributed by atoms with van der Waals surface area (Å²) < 4.78 is 0.982. The molecule has 0 N–H and O–H groups in total. The maximum absolute atomic E-state index is 6.07. The summed E-state index contributed by atoms with van der Waals surface area (Å²) in [5, 5.41) is 2.85. The van der Waals surface area contributed by atoms with Crippen molar-refractivity contribution in [3.8, 4) is 0 Å². The van der Waals surface area contributed by atoms with Gasteiger partial charge in [-0.2, -0.15) is 0 Å². The molecular weight excluding hydrogens is 249 g/mol. The Hall–Kier alpha value is -0.600. The molecule has 0 bridgehead atoms. The molecule has 0 radical (unpaired) electrons. The number of pyridine rings is 1. The molecule has 1 aromatic carbocycles. The minimum Gasteiger partial charge on any atom is -0.263 e. The molecule has 0 saturated carbocycles. The van der Waals surface area contributed by atoms with Gasteiger partial charge in [0.1, 0.15) is 0 Å². The van der Waals surface area contributed by atoms with Gasteiger partial charge in [0.2, 0.25) is 0 Å². The molecule has 1 aromatic heterocycles. The first-order valence-corrected chi connectivity index (χ1v) is 5.05. The fourth-order valence-electron chi connectivity index (χ4n) is 1.33. The van der Waals surface area contributed by atoms with E-state index in [-0.39, 0.29) is 0 Å². The van der Waals surface area contributed by atoms with Crippen LogP contribution in [0.1, 0.15) is 5.56 Å². The van der Waals surface area contributed by atoms with Gasteiger partial charge in [0.05, 0.1) is 5.02 Å². The molecule has 0 saturated heterocycles. The second-order valence-electron chi connectivity index (χ2n) is 2.96. The highest BCUT2D eigenvalue weighted by atomic mass is 79.9. The molecule has 2 rings (SSSR count). The standard InChI is InChI=1S/C10H7BrClN/c1-6-2-7-8(10(12)3-6)4-13-5-9(7)11/h2-5H,1H3. The van der Waals surface area contributed by atoms with Crippen LogP contribution in [0.3, 0.4) is 0 Å². The molecule has 0 atom stereocenters. The van der Waals surface area contributed by atoms with Crippen LogP contribution in [-0.2, 0) is 0 Å². The molecule has 3 heteroatoms. The van der Waals surface area contributed by atoms with Gasteiger partial charge in [-0.3, -0.25) is 4.98 Å². The summed E-state index contributed by atoms with van der Waals surface area (Å²) in [5.74, 6) is 0. The Labute approximate surface area is 89.9 Å². The SMILES string of the molecule is Cc1cc(Cl)c2cncc(Br)c2c1. The molecule has 13 heavy (non-hydrogen) atoms. The largest absolute Gasteiger partial charge is 0.263 e. The lowest BCUT2D eigenvalue weighted by atomic mass is 10.1. The fourth-order valence-corrected chi connectivity index (χ4v) is 2.10. The van der Waals surface area contributed by atoms with Crippen molar-refractivity contribution in [2.24, 2.45) is 0 Å². The zero-order valence-electron chi connectivity index (χ0n) is 7.01. The van der Waals surface area contributed by atoms with E-state index in [9.17, 15) is 0 Å². The van der Waals surface area contributed by atoms with Gasteiger partial charge in [0, 0.05) is 27.6 Å². The number of hydrogen-bond donors (Lipinski definition) is 0. The molecule has 1 nitrogen and oxygen atoms in total. The third-order valence-electron chi connectivity index (χ3n) is 1.92. The smallest absolute Gasteiger partial charge is 0.0502 e. The van der Waals surface area contributed by atoms with Crippen molar-refractivity contribution in [1.82, 2.24) is 4.98 Å². The Bertz CT molecular complexity index is 468. The number of fused-ring (bicyclic) bond motifs is 1. The Morgan fingerprint density at radius 3 is 2.77 bits per heavy atom. The fraction of sp³-hybridized carbons (Fsp3) is 0.100. The summed E-state index contributed by atoms with van der Waals surface area (Å²) in [6, 6.07) is 4.03. The normalized spacial score (nSPS) is 10.7. The molecule has 0 aliphatic carbocycles. The molecule has 0 spiro atoms. The van der Waals surface area contributed by atoms with Crippen LogP contribution in [0.25, 0.3) is 10.8 Å².